The fourth-order valence-corrected chi connectivity index (χ4v) is 1.02. The quantitative estimate of drug-likeness (QED) is 0.527. The van der Waals surface area contributed by atoms with Gasteiger partial charge in [-0.15, -0.1) is 6.42 Å². The number of terminal acetylenes is 1. The van der Waals surface area contributed by atoms with Gasteiger partial charge in [-0.2, -0.15) is 0 Å². The summed E-state index contributed by atoms with van der Waals surface area (Å²) >= 11 is 0. The molecule has 96 valence electrons. The molecule has 0 radical (unpaired) electrons. The lowest BCUT2D eigenvalue weighted by Gasteiger charge is -1.99. The molecule has 0 amide bonds. The Morgan fingerprint density at radius 3 is 1.90 bits per heavy atom. The second-order valence-corrected chi connectivity index (χ2v) is 3.38. The van der Waals surface area contributed by atoms with E-state index in [9.17, 15) is 9.90 Å². The number of carboxylic acids is 1. The van der Waals surface area contributed by atoms with Crippen LogP contribution >= 0.6 is 0 Å². The molecule has 0 unspecified atom stereocenters. The molecule has 0 bridgehead atoms. The molecule has 0 aromatic heterocycles. The van der Waals surface area contributed by atoms with Crippen LogP contribution in [-0.4, -0.2) is 5.97 Å². The van der Waals surface area contributed by atoms with Crippen molar-refractivity contribution in [3.8, 4) is 71.5 Å². The molecule has 0 aliphatic heterocycles. The van der Waals surface area contributed by atoms with Gasteiger partial charge in [-0.05, 0) is 78.5 Å². The number of unbranched alkanes of at least 4 members (excludes halogenated alkanes) is 3. The number of rotatable bonds is 5. The molecule has 0 aliphatic carbocycles. The van der Waals surface area contributed by atoms with Crippen molar-refractivity contribution in [1.82, 2.24) is 0 Å². The van der Waals surface area contributed by atoms with Gasteiger partial charge in [0.15, 0.2) is 0 Å². The average Bonchev–Trinajstić information content (AvgIpc) is 2.43. The smallest absolute Gasteiger partial charge is 0.0414 e. The Hall–Kier alpha value is -3.17. The van der Waals surface area contributed by atoms with Crippen molar-refractivity contribution in [2.45, 2.75) is 32.1 Å². The van der Waals surface area contributed by atoms with Crippen LogP contribution in [0.15, 0.2) is 0 Å². The highest BCUT2D eigenvalue weighted by molar-refractivity contribution is 5.64. The third-order valence-corrected chi connectivity index (χ3v) is 1.84. The lowest BCUT2D eigenvalue weighted by Crippen LogP contribution is -2.21. The molecule has 0 saturated carbocycles. The maximum atomic E-state index is 10.1. The van der Waals surface area contributed by atoms with E-state index in [1.807, 2.05) is 0 Å². The number of hydrogen-bond acceptors (Lipinski definition) is 2. The Bertz CT molecular complexity index is 663. The van der Waals surface area contributed by atoms with Gasteiger partial charge in [0.25, 0.3) is 0 Å². The van der Waals surface area contributed by atoms with Gasteiger partial charge in [-0.25, -0.2) is 0 Å². The zero-order chi connectivity index (χ0) is 14.9. The van der Waals surface area contributed by atoms with Crippen molar-refractivity contribution in [2.75, 3.05) is 0 Å². The molecule has 0 heterocycles. The van der Waals surface area contributed by atoms with Crippen LogP contribution in [-0.2, 0) is 4.79 Å². The van der Waals surface area contributed by atoms with Crippen LogP contribution in [0.4, 0.5) is 0 Å². The minimum atomic E-state index is -1.01. The largest absolute Gasteiger partial charge is 0.550 e. The zero-order valence-electron chi connectivity index (χ0n) is 10.9. The van der Waals surface area contributed by atoms with Crippen LogP contribution in [0, 0.1) is 71.5 Å². The van der Waals surface area contributed by atoms with Gasteiger partial charge in [-0.3, -0.25) is 0 Å². The van der Waals surface area contributed by atoms with Gasteiger partial charge in [0.2, 0.25) is 0 Å². The number of carboxylic acid groups (broad SMARTS) is 1. The third kappa shape index (κ3) is 14.8. The van der Waals surface area contributed by atoms with Crippen LogP contribution in [0.3, 0.4) is 0 Å². The van der Waals surface area contributed by atoms with E-state index in [4.69, 9.17) is 6.42 Å². The van der Waals surface area contributed by atoms with Crippen molar-refractivity contribution in [3.63, 3.8) is 0 Å². The summed E-state index contributed by atoms with van der Waals surface area (Å²) < 4.78 is 0. The predicted molar refractivity (Wildman–Crippen MR) is 75.8 cm³/mol. The SMILES string of the molecule is C#CC#CC#CC#CC#CC#CCCCCCC(=O)[O-]. The van der Waals surface area contributed by atoms with Gasteiger partial charge in [0.1, 0.15) is 0 Å². The van der Waals surface area contributed by atoms with Crippen LogP contribution in [0.25, 0.3) is 0 Å². The van der Waals surface area contributed by atoms with Crippen LogP contribution in [0.1, 0.15) is 32.1 Å². The minimum absolute atomic E-state index is 0.107. The van der Waals surface area contributed by atoms with E-state index >= 15 is 0 Å². The fourth-order valence-electron chi connectivity index (χ4n) is 1.02. The summed E-state index contributed by atoms with van der Waals surface area (Å²) in [6.07, 6.45) is 8.00. The van der Waals surface area contributed by atoms with E-state index in [0.717, 1.165) is 12.8 Å². The normalized spacial score (nSPS) is 6.35. The number of carbonyl (C=O) groups excluding carboxylic acids is 1. The summed E-state index contributed by atoms with van der Waals surface area (Å²) in [6.45, 7) is 0. The third-order valence-electron chi connectivity index (χ3n) is 1.84. The molecule has 0 saturated heterocycles. The fraction of sp³-hybridized carbons (Fsp3) is 0.278. The van der Waals surface area contributed by atoms with Crippen LogP contribution < -0.4 is 5.11 Å². The molecule has 0 aromatic carbocycles. The maximum absolute atomic E-state index is 10.1. The summed E-state index contributed by atoms with van der Waals surface area (Å²) in [5.41, 5.74) is 0. The van der Waals surface area contributed by atoms with Gasteiger partial charge in [0.05, 0.1) is 0 Å². The molecule has 2 heteroatoms. The van der Waals surface area contributed by atoms with E-state index in [-0.39, 0.29) is 6.42 Å². The monoisotopic (exact) mass is 259 g/mol. The van der Waals surface area contributed by atoms with E-state index in [0.29, 0.717) is 12.8 Å². The van der Waals surface area contributed by atoms with E-state index in [2.05, 4.69) is 65.1 Å². The molecule has 0 spiro atoms. The van der Waals surface area contributed by atoms with Crippen molar-refractivity contribution >= 4 is 5.97 Å². The molecule has 2 nitrogen and oxygen atoms in total. The molecular formula is C18H11O2-. The topological polar surface area (TPSA) is 40.1 Å². The Kier molecular flexibility index (Phi) is 11.7. The highest BCUT2D eigenvalue weighted by Gasteiger charge is 1.88. The molecule has 0 aliphatic rings. The van der Waals surface area contributed by atoms with E-state index in [1.54, 1.807) is 0 Å². The Morgan fingerprint density at radius 1 is 0.800 bits per heavy atom. The van der Waals surface area contributed by atoms with Crippen LogP contribution in [0.5, 0.6) is 0 Å². The standard InChI is InChI=1S/C18H12O2/c1-2-3-4-5-6-7-8-9-10-11-12-13-14-15-16-17-18(19)20/h1H,13-17H2,(H,19,20)/p-1. The summed E-state index contributed by atoms with van der Waals surface area (Å²) in [4.78, 5) is 10.1. The Labute approximate surface area is 120 Å². The molecular weight excluding hydrogens is 248 g/mol. The Morgan fingerprint density at radius 2 is 1.35 bits per heavy atom. The van der Waals surface area contributed by atoms with E-state index in [1.165, 1.54) is 0 Å². The van der Waals surface area contributed by atoms with Gasteiger partial charge in [0, 0.05) is 12.4 Å². The lowest BCUT2D eigenvalue weighted by atomic mass is 10.1. The molecule has 0 aromatic rings. The maximum Gasteiger partial charge on any atom is 0.0414 e. The second kappa shape index (κ2) is 13.9. The summed E-state index contributed by atoms with van der Waals surface area (Å²) in [5.74, 6) is 26.4. The van der Waals surface area contributed by atoms with Gasteiger partial charge in [-0.1, -0.05) is 12.3 Å². The first kappa shape index (κ1) is 16.8. The zero-order valence-corrected chi connectivity index (χ0v) is 10.9. The number of carbonyl (C=O) groups is 1. The van der Waals surface area contributed by atoms with Crippen LogP contribution in [0.2, 0.25) is 0 Å². The second-order valence-electron chi connectivity index (χ2n) is 3.38. The highest BCUT2D eigenvalue weighted by Crippen LogP contribution is 2.00. The van der Waals surface area contributed by atoms with E-state index < -0.39 is 5.97 Å². The summed E-state index contributed by atoms with van der Waals surface area (Å²) in [5, 5.41) is 10.1. The molecule has 0 N–H and O–H groups in total. The highest BCUT2D eigenvalue weighted by atomic mass is 16.4. The molecule has 0 fully saturated rings. The van der Waals surface area contributed by atoms with Crippen molar-refractivity contribution in [2.24, 2.45) is 0 Å². The number of aliphatic carboxylic acids is 1. The van der Waals surface area contributed by atoms with Crippen molar-refractivity contribution in [3.05, 3.63) is 0 Å². The van der Waals surface area contributed by atoms with Gasteiger partial charge < -0.3 is 9.90 Å². The molecule has 20 heavy (non-hydrogen) atoms. The first-order valence-electron chi connectivity index (χ1n) is 5.90. The average molecular weight is 259 g/mol. The summed E-state index contributed by atoms with van der Waals surface area (Å²) in [6, 6.07) is 0. The lowest BCUT2D eigenvalue weighted by molar-refractivity contribution is -0.305. The summed E-state index contributed by atoms with van der Waals surface area (Å²) in [7, 11) is 0. The van der Waals surface area contributed by atoms with Gasteiger partial charge >= 0.3 is 0 Å². The molecule has 0 atom stereocenters. The molecule has 0 rings (SSSR count). The number of hydrogen-bond donors (Lipinski definition) is 0. The van der Waals surface area contributed by atoms with Crippen molar-refractivity contribution in [1.29, 1.82) is 0 Å². The first-order valence-corrected chi connectivity index (χ1v) is 5.90. The van der Waals surface area contributed by atoms with Crippen molar-refractivity contribution < 1.29 is 9.90 Å². The Balaban J connectivity index is 3.80. The predicted octanol–water partition coefficient (Wildman–Crippen LogP) is 0.337. The first-order chi connectivity index (χ1) is 9.77. The minimum Gasteiger partial charge on any atom is -0.550 e.